The van der Waals surface area contributed by atoms with E-state index in [1.165, 1.54) is 0 Å². The molecule has 2 rings (SSSR count). The summed E-state index contributed by atoms with van der Waals surface area (Å²) in [6.45, 7) is 5.90. The smallest absolute Gasteiger partial charge is 0.106 e. The van der Waals surface area contributed by atoms with E-state index in [9.17, 15) is 0 Å². The number of pyridine rings is 1. The molecule has 1 atom stereocenters. The SMILES string of the molecule is Cc1cc(C(C)Nc2cnccc2C#N)c(C)o1. The van der Waals surface area contributed by atoms with Gasteiger partial charge >= 0.3 is 0 Å². The first-order chi connectivity index (χ1) is 8.61. The highest BCUT2D eigenvalue weighted by atomic mass is 16.3. The number of nitrogens with one attached hydrogen (secondary N) is 1. The largest absolute Gasteiger partial charge is 0.466 e. The fraction of sp³-hybridized carbons (Fsp3) is 0.286. The van der Waals surface area contributed by atoms with Gasteiger partial charge in [0.15, 0.2) is 0 Å². The van der Waals surface area contributed by atoms with Gasteiger partial charge in [-0.25, -0.2) is 0 Å². The second kappa shape index (κ2) is 4.92. The Labute approximate surface area is 106 Å². The van der Waals surface area contributed by atoms with Crippen LogP contribution in [-0.2, 0) is 0 Å². The van der Waals surface area contributed by atoms with E-state index < -0.39 is 0 Å². The van der Waals surface area contributed by atoms with Crippen molar-refractivity contribution >= 4 is 5.69 Å². The molecule has 0 bridgehead atoms. The summed E-state index contributed by atoms with van der Waals surface area (Å²) in [5, 5.41) is 12.3. The third-order valence-electron chi connectivity index (χ3n) is 2.86. The second-order valence-corrected chi connectivity index (χ2v) is 4.27. The average Bonchev–Trinajstić information content (AvgIpc) is 2.69. The molecule has 1 N–H and O–H groups in total. The number of hydrogen-bond acceptors (Lipinski definition) is 4. The van der Waals surface area contributed by atoms with Gasteiger partial charge in [-0.05, 0) is 32.9 Å². The van der Waals surface area contributed by atoms with Gasteiger partial charge in [-0.1, -0.05) is 0 Å². The molecule has 92 valence electrons. The summed E-state index contributed by atoms with van der Waals surface area (Å²) in [6.07, 6.45) is 3.28. The van der Waals surface area contributed by atoms with Crippen molar-refractivity contribution in [3.05, 3.63) is 47.2 Å². The van der Waals surface area contributed by atoms with E-state index in [2.05, 4.69) is 16.4 Å². The molecule has 0 amide bonds. The molecular weight excluding hydrogens is 226 g/mol. The average molecular weight is 241 g/mol. The van der Waals surface area contributed by atoms with Crippen molar-refractivity contribution in [2.75, 3.05) is 5.32 Å². The lowest BCUT2D eigenvalue weighted by Crippen LogP contribution is -2.08. The van der Waals surface area contributed by atoms with Crippen LogP contribution >= 0.6 is 0 Å². The number of rotatable bonds is 3. The van der Waals surface area contributed by atoms with Crippen LogP contribution < -0.4 is 5.32 Å². The van der Waals surface area contributed by atoms with Gasteiger partial charge in [0.1, 0.15) is 17.6 Å². The highest BCUT2D eigenvalue weighted by Crippen LogP contribution is 2.25. The molecule has 0 spiro atoms. The van der Waals surface area contributed by atoms with Crippen molar-refractivity contribution in [2.24, 2.45) is 0 Å². The van der Waals surface area contributed by atoms with Crippen molar-refractivity contribution in [3.8, 4) is 6.07 Å². The number of furan rings is 1. The zero-order valence-electron chi connectivity index (χ0n) is 10.7. The topological polar surface area (TPSA) is 61.9 Å². The Bertz CT molecular complexity index is 595. The fourth-order valence-electron chi connectivity index (χ4n) is 2.00. The molecule has 2 heterocycles. The van der Waals surface area contributed by atoms with Gasteiger partial charge in [0, 0.05) is 11.8 Å². The van der Waals surface area contributed by atoms with Crippen molar-refractivity contribution in [1.29, 1.82) is 5.26 Å². The molecular formula is C14H15N3O. The van der Waals surface area contributed by atoms with Crippen molar-refractivity contribution < 1.29 is 4.42 Å². The monoisotopic (exact) mass is 241 g/mol. The number of hydrogen-bond donors (Lipinski definition) is 1. The molecule has 0 aromatic carbocycles. The normalized spacial score (nSPS) is 11.9. The quantitative estimate of drug-likeness (QED) is 0.895. The van der Waals surface area contributed by atoms with Crippen molar-refractivity contribution in [2.45, 2.75) is 26.8 Å². The minimum absolute atomic E-state index is 0.0683. The standard InChI is InChI=1S/C14H15N3O/c1-9-6-13(11(3)18-9)10(2)17-14-8-16-5-4-12(14)7-15/h4-6,8,10,17H,1-3H3. The van der Waals surface area contributed by atoms with E-state index in [4.69, 9.17) is 9.68 Å². The predicted molar refractivity (Wildman–Crippen MR) is 69.2 cm³/mol. The zero-order chi connectivity index (χ0) is 13.1. The first kappa shape index (κ1) is 12.2. The molecule has 4 heteroatoms. The molecule has 0 aliphatic rings. The molecule has 2 aromatic heterocycles. The van der Waals surface area contributed by atoms with Crippen molar-refractivity contribution in [3.63, 3.8) is 0 Å². The van der Waals surface area contributed by atoms with Crippen LogP contribution in [0, 0.1) is 25.2 Å². The van der Waals surface area contributed by atoms with Crippen LogP contribution in [0.25, 0.3) is 0 Å². The molecule has 1 unspecified atom stereocenters. The summed E-state index contributed by atoms with van der Waals surface area (Å²) in [4.78, 5) is 4.03. The summed E-state index contributed by atoms with van der Waals surface area (Å²) in [7, 11) is 0. The number of nitriles is 1. The maximum atomic E-state index is 9.02. The van der Waals surface area contributed by atoms with Gasteiger partial charge < -0.3 is 9.73 Å². The lowest BCUT2D eigenvalue weighted by Gasteiger charge is -2.15. The summed E-state index contributed by atoms with van der Waals surface area (Å²) in [5.74, 6) is 1.79. The third kappa shape index (κ3) is 2.35. The molecule has 18 heavy (non-hydrogen) atoms. The Morgan fingerprint density at radius 3 is 2.83 bits per heavy atom. The van der Waals surface area contributed by atoms with Gasteiger partial charge in [0.2, 0.25) is 0 Å². The van der Waals surface area contributed by atoms with E-state index in [1.807, 2.05) is 26.8 Å². The first-order valence-corrected chi connectivity index (χ1v) is 5.79. The van der Waals surface area contributed by atoms with Gasteiger partial charge in [-0.15, -0.1) is 0 Å². The van der Waals surface area contributed by atoms with E-state index in [1.54, 1.807) is 18.5 Å². The number of nitrogens with zero attached hydrogens (tertiary/aromatic N) is 2. The lowest BCUT2D eigenvalue weighted by molar-refractivity contribution is 0.500. The van der Waals surface area contributed by atoms with Gasteiger partial charge in [0.05, 0.1) is 23.5 Å². The summed E-state index contributed by atoms with van der Waals surface area (Å²) in [5.41, 5.74) is 2.43. The zero-order valence-corrected chi connectivity index (χ0v) is 10.7. The Hall–Kier alpha value is -2.28. The van der Waals surface area contributed by atoms with Gasteiger partial charge in [-0.3, -0.25) is 4.98 Å². The van der Waals surface area contributed by atoms with Crippen LogP contribution in [0.3, 0.4) is 0 Å². The Kier molecular flexibility index (Phi) is 3.33. The van der Waals surface area contributed by atoms with Crippen LogP contribution in [0.4, 0.5) is 5.69 Å². The summed E-state index contributed by atoms with van der Waals surface area (Å²) >= 11 is 0. The minimum atomic E-state index is 0.0683. The van der Waals surface area contributed by atoms with Crippen molar-refractivity contribution in [1.82, 2.24) is 4.98 Å². The minimum Gasteiger partial charge on any atom is -0.466 e. The molecule has 2 aromatic rings. The van der Waals surface area contributed by atoms with Gasteiger partial charge in [0.25, 0.3) is 0 Å². The number of aromatic nitrogens is 1. The molecule has 0 saturated heterocycles. The number of anilines is 1. The molecule has 0 saturated carbocycles. The second-order valence-electron chi connectivity index (χ2n) is 4.27. The molecule has 0 aliphatic carbocycles. The van der Waals surface area contributed by atoms with E-state index >= 15 is 0 Å². The molecule has 4 nitrogen and oxygen atoms in total. The summed E-state index contributed by atoms with van der Waals surface area (Å²) in [6, 6.07) is 5.92. The maximum Gasteiger partial charge on any atom is 0.106 e. The van der Waals surface area contributed by atoms with Crippen LogP contribution in [0.1, 0.15) is 35.6 Å². The Balaban J connectivity index is 2.24. The Morgan fingerprint density at radius 1 is 1.44 bits per heavy atom. The predicted octanol–water partition coefficient (Wildman–Crippen LogP) is 3.34. The van der Waals surface area contributed by atoms with Crippen LogP contribution in [-0.4, -0.2) is 4.98 Å². The fourth-order valence-corrected chi connectivity index (χ4v) is 2.00. The number of aryl methyl sites for hydroxylation is 2. The van der Waals surface area contributed by atoms with Gasteiger partial charge in [-0.2, -0.15) is 5.26 Å². The van der Waals surface area contributed by atoms with Crippen LogP contribution in [0.5, 0.6) is 0 Å². The Morgan fingerprint density at radius 2 is 2.22 bits per heavy atom. The lowest BCUT2D eigenvalue weighted by atomic mass is 10.1. The van der Waals surface area contributed by atoms with Crippen LogP contribution in [0.2, 0.25) is 0 Å². The van der Waals surface area contributed by atoms with E-state index in [0.29, 0.717) is 5.56 Å². The van der Waals surface area contributed by atoms with E-state index in [0.717, 1.165) is 22.8 Å². The molecule has 0 fully saturated rings. The highest BCUT2D eigenvalue weighted by molar-refractivity contribution is 5.56. The maximum absolute atomic E-state index is 9.02. The van der Waals surface area contributed by atoms with E-state index in [-0.39, 0.29) is 6.04 Å². The van der Waals surface area contributed by atoms with Crippen LogP contribution in [0.15, 0.2) is 28.9 Å². The molecule has 0 radical (unpaired) electrons. The highest BCUT2D eigenvalue weighted by Gasteiger charge is 2.13. The first-order valence-electron chi connectivity index (χ1n) is 5.79. The molecule has 0 aliphatic heterocycles. The third-order valence-corrected chi connectivity index (χ3v) is 2.86. The summed E-state index contributed by atoms with van der Waals surface area (Å²) < 4.78 is 5.51.